The highest BCUT2D eigenvalue weighted by Crippen LogP contribution is 2.22. The van der Waals surface area contributed by atoms with Gasteiger partial charge >= 0.3 is 5.63 Å². The van der Waals surface area contributed by atoms with Gasteiger partial charge in [0.2, 0.25) is 0 Å². The first-order valence-corrected chi connectivity index (χ1v) is 12.0. The van der Waals surface area contributed by atoms with E-state index in [0.29, 0.717) is 37.1 Å². The van der Waals surface area contributed by atoms with E-state index in [4.69, 9.17) is 4.42 Å². The molecule has 1 aliphatic rings. The molecule has 0 atom stereocenters. The molecule has 1 saturated heterocycles. The molecule has 2 aromatic heterocycles. The molecule has 4 aromatic rings. The third-order valence-corrected chi connectivity index (χ3v) is 6.62. The molecule has 1 amide bonds. The number of piperazine rings is 1. The molecule has 2 aromatic carbocycles. The molecule has 0 bridgehead atoms. The number of fused-ring (bicyclic) bond motifs is 1. The van der Waals surface area contributed by atoms with Crippen LogP contribution in [0.15, 0.2) is 74.3 Å². The van der Waals surface area contributed by atoms with Gasteiger partial charge in [-0.1, -0.05) is 47.1 Å². The van der Waals surface area contributed by atoms with E-state index in [1.807, 2.05) is 18.2 Å². The lowest BCUT2D eigenvalue weighted by molar-refractivity contribution is 0.0742. The molecule has 0 N–H and O–H groups in total. The molecule has 0 unspecified atom stereocenters. The maximum Gasteiger partial charge on any atom is 0.349 e. The van der Waals surface area contributed by atoms with Crippen LogP contribution >= 0.6 is 15.9 Å². The van der Waals surface area contributed by atoms with Crippen molar-refractivity contribution in [2.24, 2.45) is 0 Å². The summed E-state index contributed by atoms with van der Waals surface area (Å²) in [6.45, 7) is 4.31. The smallest absolute Gasteiger partial charge is 0.349 e. The summed E-state index contributed by atoms with van der Waals surface area (Å²) >= 11 is 3.41. The number of halogens is 1. The second kappa shape index (κ2) is 9.38. The quantitative estimate of drug-likeness (QED) is 0.369. The second-order valence-corrected chi connectivity index (χ2v) is 9.15. The van der Waals surface area contributed by atoms with Crippen molar-refractivity contribution in [3.8, 4) is 11.3 Å². The SMILES string of the molecule is CCc1ccc(-c2ccc(N3CCN(C(=O)c4cc5cc(Br)ccc5oc4=O)CC3)nn2)cc1. The summed E-state index contributed by atoms with van der Waals surface area (Å²) in [4.78, 5) is 29.2. The van der Waals surface area contributed by atoms with Crippen LogP contribution in [0, 0.1) is 0 Å². The number of aromatic nitrogens is 2. The van der Waals surface area contributed by atoms with E-state index < -0.39 is 5.63 Å². The van der Waals surface area contributed by atoms with Crippen molar-refractivity contribution in [2.75, 3.05) is 31.1 Å². The predicted molar refractivity (Wildman–Crippen MR) is 135 cm³/mol. The molecule has 34 heavy (non-hydrogen) atoms. The third kappa shape index (κ3) is 4.46. The van der Waals surface area contributed by atoms with Gasteiger partial charge in [0.05, 0.1) is 5.69 Å². The van der Waals surface area contributed by atoms with Crippen LogP contribution in [0.1, 0.15) is 22.8 Å². The minimum absolute atomic E-state index is 0.0530. The van der Waals surface area contributed by atoms with Crippen molar-refractivity contribution in [3.05, 3.63) is 86.7 Å². The molecular formula is C26H23BrN4O3. The van der Waals surface area contributed by atoms with Gasteiger partial charge in [0.15, 0.2) is 5.82 Å². The van der Waals surface area contributed by atoms with Gasteiger partial charge in [-0.05, 0) is 48.4 Å². The second-order valence-electron chi connectivity index (χ2n) is 8.24. The lowest BCUT2D eigenvalue weighted by atomic mass is 10.1. The fraction of sp³-hybridized carbons (Fsp3) is 0.231. The van der Waals surface area contributed by atoms with Crippen molar-refractivity contribution in [3.63, 3.8) is 0 Å². The van der Waals surface area contributed by atoms with Crippen LogP contribution in [-0.4, -0.2) is 47.2 Å². The van der Waals surface area contributed by atoms with Crippen molar-refractivity contribution in [1.82, 2.24) is 15.1 Å². The summed E-state index contributed by atoms with van der Waals surface area (Å²) < 4.78 is 6.21. The van der Waals surface area contributed by atoms with Gasteiger partial charge in [0.1, 0.15) is 11.1 Å². The van der Waals surface area contributed by atoms with Gasteiger partial charge in [-0.2, -0.15) is 0 Å². The van der Waals surface area contributed by atoms with Crippen molar-refractivity contribution in [2.45, 2.75) is 13.3 Å². The maximum atomic E-state index is 13.0. The number of rotatable bonds is 4. The Balaban J connectivity index is 1.26. The molecule has 1 fully saturated rings. The van der Waals surface area contributed by atoms with E-state index in [-0.39, 0.29) is 11.5 Å². The molecule has 1 aliphatic heterocycles. The highest BCUT2D eigenvalue weighted by Gasteiger charge is 2.25. The van der Waals surface area contributed by atoms with E-state index in [0.717, 1.165) is 28.0 Å². The Bertz CT molecular complexity index is 1390. The molecule has 3 heterocycles. The van der Waals surface area contributed by atoms with Gasteiger partial charge < -0.3 is 14.2 Å². The van der Waals surface area contributed by atoms with Crippen LogP contribution < -0.4 is 10.5 Å². The minimum Gasteiger partial charge on any atom is -0.422 e. The number of carbonyl (C=O) groups excluding carboxylic acids is 1. The number of carbonyl (C=O) groups is 1. The Morgan fingerprint density at radius 1 is 0.971 bits per heavy atom. The van der Waals surface area contributed by atoms with E-state index in [2.05, 4.69) is 62.2 Å². The van der Waals surface area contributed by atoms with Crippen LogP contribution in [0.3, 0.4) is 0 Å². The van der Waals surface area contributed by atoms with Crippen LogP contribution in [0.4, 0.5) is 5.82 Å². The van der Waals surface area contributed by atoms with Gasteiger partial charge in [-0.15, -0.1) is 10.2 Å². The zero-order chi connectivity index (χ0) is 23.7. The summed E-state index contributed by atoms with van der Waals surface area (Å²) in [6.07, 6.45) is 1.00. The molecule has 5 rings (SSSR count). The summed E-state index contributed by atoms with van der Waals surface area (Å²) in [5.41, 5.74) is 3.05. The van der Waals surface area contributed by atoms with Gasteiger partial charge in [0.25, 0.3) is 5.91 Å². The van der Waals surface area contributed by atoms with Gasteiger partial charge in [0, 0.05) is 41.6 Å². The number of hydrogen-bond acceptors (Lipinski definition) is 6. The number of benzene rings is 2. The van der Waals surface area contributed by atoms with Crippen LogP contribution in [0.5, 0.6) is 0 Å². The highest BCUT2D eigenvalue weighted by molar-refractivity contribution is 9.10. The van der Waals surface area contributed by atoms with Crippen LogP contribution in [-0.2, 0) is 6.42 Å². The molecule has 0 aliphatic carbocycles. The predicted octanol–water partition coefficient (Wildman–Crippen LogP) is 4.54. The summed E-state index contributed by atoms with van der Waals surface area (Å²) in [6, 6.07) is 19.2. The lowest BCUT2D eigenvalue weighted by Gasteiger charge is -2.35. The molecule has 0 saturated carbocycles. The van der Waals surface area contributed by atoms with E-state index in [9.17, 15) is 9.59 Å². The van der Waals surface area contributed by atoms with Gasteiger partial charge in [-0.3, -0.25) is 4.79 Å². The number of aryl methyl sites for hydroxylation is 1. The Labute approximate surface area is 205 Å². The average molecular weight is 519 g/mol. The molecule has 0 spiro atoms. The topological polar surface area (TPSA) is 79.5 Å². The normalized spacial score (nSPS) is 13.9. The van der Waals surface area contributed by atoms with E-state index >= 15 is 0 Å². The Morgan fingerprint density at radius 3 is 2.41 bits per heavy atom. The molecule has 8 heteroatoms. The fourth-order valence-electron chi connectivity index (χ4n) is 4.11. The minimum atomic E-state index is -0.615. The summed E-state index contributed by atoms with van der Waals surface area (Å²) in [5, 5.41) is 9.51. The summed E-state index contributed by atoms with van der Waals surface area (Å²) in [5.74, 6) is 0.461. The molecule has 172 valence electrons. The lowest BCUT2D eigenvalue weighted by Crippen LogP contribution is -2.49. The van der Waals surface area contributed by atoms with Crippen LogP contribution in [0.25, 0.3) is 22.2 Å². The number of nitrogens with zero attached hydrogens (tertiary/aromatic N) is 4. The standard InChI is InChI=1S/C26H23BrN4O3/c1-2-17-3-5-18(6-4-17)22-8-10-24(29-28-22)30-11-13-31(14-12-30)25(32)21-16-19-15-20(27)7-9-23(19)34-26(21)33/h3-10,15-16H,2,11-14H2,1H3. The molecule has 7 nitrogen and oxygen atoms in total. The van der Waals surface area contributed by atoms with Crippen molar-refractivity contribution < 1.29 is 9.21 Å². The van der Waals surface area contributed by atoms with E-state index in [1.54, 1.807) is 23.1 Å². The number of amides is 1. The number of hydrogen-bond donors (Lipinski definition) is 0. The highest BCUT2D eigenvalue weighted by atomic mass is 79.9. The fourth-order valence-corrected chi connectivity index (χ4v) is 4.49. The first-order valence-electron chi connectivity index (χ1n) is 11.2. The van der Waals surface area contributed by atoms with E-state index in [1.165, 1.54) is 5.56 Å². The Hall–Kier alpha value is -3.52. The summed E-state index contributed by atoms with van der Waals surface area (Å²) in [7, 11) is 0. The average Bonchev–Trinajstić information content (AvgIpc) is 2.88. The zero-order valence-electron chi connectivity index (χ0n) is 18.7. The first kappa shape index (κ1) is 22.3. The number of anilines is 1. The van der Waals surface area contributed by atoms with Crippen LogP contribution in [0.2, 0.25) is 0 Å². The Morgan fingerprint density at radius 2 is 1.74 bits per heavy atom. The molecule has 0 radical (unpaired) electrons. The maximum absolute atomic E-state index is 13.0. The first-order chi connectivity index (χ1) is 16.5. The monoisotopic (exact) mass is 518 g/mol. The third-order valence-electron chi connectivity index (χ3n) is 6.12. The largest absolute Gasteiger partial charge is 0.422 e. The van der Waals surface area contributed by atoms with Gasteiger partial charge in [-0.25, -0.2) is 4.79 Å². The molecular weight excluding hydrogens is 496 g/mol. The Kier molecular flexibility index (Phi) is 6.15. The van der Waals surface area contributed by atoms with Crippen molar-refractivity contribution in [1.29, 1.82) is 0 Å². The van der Waals surface area contributed by atoms with Crippen molar-refractivity contribution >= 4 is 38.6 Å². The zero-order valence-corrected chi connectivity index (χ0v) is 20.3.